The van der Waals surface area contributed by atoms with E-state index in [1.165, 1.54) is 18.2 Å². The molecule has 0 aliphatic rings. The second kappa shape index (κ2) is 8.43. The average Bonchev–Trinajstić information content (AvgIpc) is 2.48. The number of nitrogens with zero attached hydrogens (tertiary/aromatic N) is 1. The van der Waals surface area contributed by atoms with Gasteiger partial charge < -0.3 is 9.05 Å². The maximum absolute atomic E-state index is 12.8. The molecular weight excluding hydrogens is 329 g/mol. The van der Waals surface area contributed by atoms with Gasteiger partial charge in [-0.15, -0.1) is 11.8 Å². The summed E-state index contributed by atoms with van der Waals surface area (Å²) in [6, 6.07) is 5.30. The largest absolute Gasteiger partial charge is 0.351 e. The number of nitro benzene ring substituents is 1. The Balaban J connectivity index is 3.18. The molecule has 7 nitrogen and oxygen atoms in total. The molecule has 22 heavy (non-hydrogen) atoms. The number of hydrogen-bond acceptors (Lipinski definition) is 7. The molecule has 9 heteroatoms. The van der Waals surface area contributed by atoms with Crippen LogP contribution in [0.3, 0.4) is 0 Å². The van der Waals surface area contributed by atoms with Gasteiger partial charge in [-0.05, 0) is 20.1 Å². The van der Waals surface area contributed by atoms with Crippen molar-refractivity contribution < 1.29 is 23.3 Å². The standard InChI is InChI=1S/C13H18NO6PS/c1-4-19-21(18,20-5-2)13(22-3)12(15)10-7-6-8-11(9-10)14(16)17/h6-9,13H,4-5H2,1-3H3. The third-order valence-corrected chi connectivity index (χ3v) is 6.81. The SMILES string of the molecule is CCOP(=O)(OCC)C(SC)C(=O)c1cccc([N+](=O)[O-])c1. The molecule has 1 unspecified atom stereocenters. The quantitative estimate of drug-likeness (QED) is 0.290. The monoisotopic (exact) mass is 347 g/mol. The first-order valence-electron chi connectivity index (χ1n) is 6.59. The van der Waals surface area contributed by atoms with Crippen LogP contribution in [-0.4, -0.2) is 35.2 Å². The molecule has 1 atom stereocenters. The molecule has 0 heterocycles. The van der Waals surface area contributed by atoms with Crippen LogP contribution in [-0.2, 0) is 13.6 Å². The Labute approximate surface area is 133 Å². The summed E-state index contributed by atoms with van der Waals surface area (Å²) in [6.07, 6.45) is 1.62. The topological polar surface area (TPSA) is 95.7 Å². The average molecular weight is 347 g/mol. The minimum absolute atomic E-state index is 0.105. The normalized spacial score (nSPS) is 12.9. The number of Topliss-reactive ketones (excluding diaryl/α,β-unsaturated/α-hetero) is 1. The molecule has 0 saturated heterocycles. The number of benzene rings is 1. The minimum atomic E-state index is -3.65. The number of hydrogen-bond donors (Lipinski definition) is 0. The lowest BCUT2D eigenvalue weighted by Gasteiger charge is -2.23. The van der Waals surface area contributed by atoms with Crippen molar-refractivity contribution in [3.63, 3.8) is 0 Å². The van der Waals surface area contributed by atoms with Gasteiger partial charge in [0.05, 0.1) is 18.1 Å². The molecule has 0 amide bonds. The lowest BCUT2D eigenvalue weighted by Crippen LogP contribution is -2.20. The first-order valence-corrected chi connectivity index (χ1v) is 9.49. The van der Waals surface area contributed by atoms with Crippen molar-refractivity contribution in [2.75, 3.05) is 19.5 Å². The second-order valence-corrected chi connectivity index (χ2v) is 7.54. The van der Waals surface area contributed by atoms with Gasteiger partial charge in [-0.2, -0.15) is 0 Å². The molecule has 0 radical (unpaired) electrons. The van der Waals surface area contributed by atoms with E-state index >= 15 is 0 Å². The highest BCUT2D eigenvalue weighted by atomic mass is 32.2. The van der Waals surface area contributed by atoms with Crippen molar-refractivity contribution in [3.05, 3.63) is 39.9 Å². The Hall–Kier alpha value is -1.21. The predicted molar refractivity (Wildman–Crippen MR) is 85.6 cm³/mol. The van der Waals surface area contributed by atoms with Crippen LogP contribution in [0.15, 0.2) is 24.3 Å². The smallest absolute Gasteiger partial charge is 0.308 e. The molecule has 0 fully saturated rings. The number of carbonyl (C=O) groups is 1. The van der Waals surface area contributed by atoms with E-state index in [4.69, 9.17) is 9.05 Å². The third kappa shape index (κ3) is 4.39. The van der Waals surface area contributed by atoms with Crippen LogP contribution >= 0.6 is 19.4 Å². The number of nitro groups is 1. The lowest BCUT2D eigenvalue weighted by molar-refractivity contribution is -0.384. The molecular formula is C13H18NO6PS. The van der Waals surface area contributed by atoms with E-state index in [-0.39, 0.29) is 24.5 Å². The van der Waals surface area contributed by atoms with Gasteiger partial charge in [-0.1, -0.05) is 12.1 Å². The summed E-state index contributed by atoms with van der Waals surface area (Å²) in [4.78, 5) is 21.7. The Kier molecular flexibility index (Phi) is 7.22. The Morgan fingerprint density at radius 3 is 2.41 bits per heavy atom. The second-order valence-electron chi connectivity index (χ2n) is 4.14. The maximum atomic E-state index is 12.8. The number of carbonyl (C=O) groups excluding carboxylic acids is 1. The molecule has 1 aromatic rings. The molecule has 0 N–H and O–H groups in total. The highest BCUT2D eigenvalue weighted by Crippen LogP contribution is 2.57. The van der Waals surface area contributed by atoms with E-state index in [0.717, 1.165) is 17.8 Å². The highest BCUT2D eigenvalue weighted by molar-refractivity contribution is 8.05. The first kappa shape index (κ1) is 18.8. The summed E-state index contributed by atoms with van der Waals surface area (Å²) in [5, 5.41) is 10.8. The number of ketones is 1. The summed E-state index contributed by atoms with van der Waals surface area (Å²) in [5.41, 5.74) is -0.0958. The highest BCUT2D eigenvalue weighted by Gasteiger charge is 2.41. The van der Waals surface area contributed by atoms with Crippen molar-refractivity contribution in [2.24, 2.45) is 0 Å². The van der Waals surface area contributed by atoms with Crippen LogP contribution in [0, 0.1) is 10.1 Å². The molecule has 0 aromatic heterocycles. The van der Waals surface area contributed by atoms with Gasteiger partial charge in [0.2, 0.25) is 0 Å². The predicted octanol–water partition coefficient (Wildman–Crippen LogP) is 3.73. The third-order valence-electron chi connectivity index (χ3n) is 2.69. The van der Waals surface area contributed by atoms with Crippen LogP contribution in [0.25, 0.3) is 0 Å². The molecule has 0 aliphatic heterocycles. The molecule has 1 aromatic carbocycles. The summed E-state index contributed by atoms with van der Waals surface area (Å²) >= 11 is 1.04. The van der Waals surface area contributed by atoms with Crippen molar-refractivity contribution >= 4 is 30.8 Å². The van der Waals surface area contributed by atoms with Crippen molar-refractivity contribution in [1.29, 1.82) is 0 Å². The van der Waals surface area contributed by atoms with Gasteiger partial charge in [0, 0.05) is 17.7 Å². The fourth-order valence-electron chi connectivity index (χ4n) is 1.83. The van der Waals surface area contributed by atoms with E-state index in [1.807, 2.05) is 0 Å². The summed E-state index contributed by atoms with van der Waals surface area (Å²) in [7, 11) is -3.65. The van der Waals surface area contributed by atoms with E-state index in [0.29, 0.717) is 0 Å². The first-order chi connectivity index (χ1) is 10.4. The summed E-state index contributed by atoms with van der Waals surface area (Å²) < 4.78 is 23.2. The van der Waals surface area contributed by atoms with Gasteiger partial charge in [0.25, 0.3) is 5.69 Å². The van der Waals surface area contributed by atoms with Gasteiger partial charge in [-0.25, -0.2) is 0 Å². The zero-order valence-electron chi connectivity index (χ0n) is 12.6. The molecule has 0 spiro atoms. The summed E-state index contributed by atoms with van der Waals surface area (Å²) in [6.45, 7) is 3.58. The number of thioether (sulfide) groups is 1. The fourth-order valence-corrected chi connectivity index (χ4v) is 5.08. The van der Waals surface area contributed by atoms with Crippen LogP contribution in [0.4, 0.5) is 5.69 Å². The number of rotatable bonds is 9. The maximum Gasteiger partial charge on any atom is 0.351 e. The van der Waals surface area contributed by atoms with Gasteiger partial charge >= 0.3 is 7.60 Å². The molecule has 122 valence electrons. The van der Waals surface area contributed by atoms with Crippen molar-refractivity contribution in [1.82, 2.24) is 0 Å². The molecule has 0 saturated carbocycles. The van der Waals surface area contributed by atoms with Crippen molar-refractivity contribution in [2.45, 2.75) is 18.8 Å². The van der Waals surface area contributed by atoms with Crippen molar-refractivity contribution in [3.8, 4) is 0 Å². The van der Waals surface area contributed by atoms with E-state index in [9.17, 15) is 19.5 Å². The summed E-state index contributed by atoms with van der Waals surface area (Å²) in [5.74, 6) is -0.513. The lowest BCUT2D eigenvalue weighted by atomic mass is 10.1. The molecule has 0 bridgehead atoms. The van der Waals surface area contributed by atoms with Crippen LogP contribution in [0.2, 0.25) is 0 Å². The van der Waals surface area contributed by atoms with Gasteiger partial charge in [-0.3, -0.25) is 19.5 Å². The molecule has 0 aliphatic carbocycles. The van der Waals surface area contributed by atoms with Gasteiger partial charge in [0.15, 0.2) is 10.8 Å². The van der Waals surface area contributed by atoms with Crippen LogP contribution in [0.5, 0.6) is 0 Å². The van der Waals surface area contributed by atoms with Gasteiger partial charge in [0.1, 0.15) is 0 Å². The van der Waals surface area contributed by atoms with E-state index < -0.39 is 23.3 Å². The number of non-ortho nitro benzene ring substituents is 1. The zero-order chi connectivity index (χ0) is 16.8. The minimum Gasteiger partial charge on any atom is -0.308 e. The van der Waals surface area contributed by atoms with E-state index in [2.05, 4.69) is 0 Å². The Bertz CT molecular complexity index is 584. The van der Waals surface area contributed by atoms with E-state index in [1.54, 1.807) is 20.1 Å². The molecule has 1 rings (SSSR count). The Morgan fingerprint density at radius 2 is 1.95 bits per heavy atom. The van der Waals surface area contributed by atoms with Crippen LogP contribution in [0.1, 0.15) is 24.2 Å². The van der Waals surface area contributed by atoms with Crippen LogP contribution < -0.4 is 0 Å². The Morgan fingerprint density at radius 1 is 1.36 bits per heavy atom. The fraction of sp³-hybridized carbons (Fsp3) is 0.462. The zero-order valence-corrected chi connectivity index (χ0v) is 14.3.